The number of hydrogen-bond acceptors (Lipinski definition) is 4. The van der Waals surface area contributed by atoms with E-state index in [4.69, 9.17) is 5.11 Å². The van der Waals surface area contributed by atoms with Crippen LogP contribution in [0.2, 0.25) is 0 Å². The van der Waals surface area contributed by atoms with Gasteiger partial charge in [0.2, 0.25) is 0 Å². The van der Waals surface area contributed by atoms with Crippen molar-refractivity contribution in [1.29, 1.82) is 0 Å². The number of fused-ring (bicyclic) bond motifs is 1. The third kappa shape index (κ3) is 0.992. The van der Waals surface area contributed by atoms with Gasteiger partial charge in [-0.25, -0.2) is 0 Å². The Labute approximate surface area is 71.4 Å². The highest BCUT2D eigenvalue weighted by Crippen LogP contribution is 2.32. The van der Waals surface area contributed by atoms with Crippen LogP contribution in [0, 0.1) is 0 Å². The number of nitrogens with zero attached hydrogens (tertiary/aromatic N) is 1. The van der Waals surface area contributed by atoms with E-state index in [0.29, 0.717) is 0 Å². The van der Waals surface area contributed by atoms with Gasteiger partial charge in [0, 0.05) is 6.04 Å². The molecule has 2 saturated heterocycles. The van der Waals surface area contributed by atoms with Crippen molar-refractivity contribution in [2.24, 2.45) is 0 Å². The van der Waals surface area contributed by atoms with Crippen LogP contribution in [0.25, 0.3) is 0 Å². The second-order valence-corrected chi connectivity index (χ2v) is 3.68. The van der Waals surface area contributed by atoms with E-state index in [1.54, 1.807) is 0 Å². The molecule has 0 unspecified atom stereocenters. The van der Waals surface area contributed by atoms with E-state index in [9.17, 15) is 10.2 Å². The normalized spacial score (nSPS) is 48.2. The molecule has 4 nitrogen and oxygen atoms in total. The van der Waals surface area contributed by atoms with Gasteiger partial charge in [-0.2, -0.15) is 0 Å². The topological polar surface area (TPSA) is 63.9 Å². The lowest BCUT2D eigenvalue weighted by Gasteiger charge is -2.21. The van der Waals surface area contributed by atoms with Crippen molar-refractivity contribution < 1.29 is 15.3 Å². The molecule has 0 aromatic rings. The average molecular weight is 173 g/mol. The van der Waals surface area contributed by atoms with Crippen molar-refractivity contribution in [3.63, 3.8) is 0 Å². The van der Waals surface area contributed by atoms with Crippen LogP contribution in [0.15, 0.2) is 0 Å². The van der Waals surface area contributed by atoms with Gasteiger partial charge in [-0.3, -0.25) is 4.90 Å². The summed E-state index contributed by atoms with van der Waals surface area (Å²) in [4.78, 5) is 2.02. The predicted octanol–water partition coefficient (Wildman–Crippen LogP) is -1.45. The van der Waals surface area contributed by atoms with Crippen LogP contribution in [-0.2, 0) is 0 Å². The summed E-state index contributed by atoms with van der Waals surface area (Å²) in [6.07, 6.45) is 0.574. The van der Waals surface area contributed by atoms with E-state index in [-0.39, 0.29) is 18.7 Å². The molecule has 0 aliphatic carbocycles. The number of hydrogen-bond donors (Lipinski definition) is 3. The molecule has 4 heteroatoms. The zero-order valence-corrected chi connectivity index (χ0v) is 6.93. The molecule has 70 valence electrons. The van der Waals surface area contributed by atoms with Crippen molar-refractivity contribution in [3.8, 4) is 0 Å². The Hall–Kier alpha value is -0.160. The molecule has 2 fully saturated rings. The van der Waals surface area contributed by atoms with Gasteiger partial charge in [0.1, 0.15) is 0 Å². The van der Waals surface area contributed by atoms with Gasteiger partial charge < -0.3 is 15.3 Å². The Morgan fingerprint density at radius 2 is 2.00 bits per heavy atom. The Morgan fingerprint density at radius 1 is 1.25 bits per heavy atom. The first-order chi connectivity index (χ1) is 5.75. The van der Waals surface area contributed by atoms with Crippen LogP contribution in [0.4, 0.5) is 0 Å². The smallest absolute Gasteiger partial charge is 0.0991 e. The maximum Gasteiger partial charge on any atom is 0.0991 e. The van der Waals surface area contributed by atoms with Crippen molar-refractivity contribution in [1.82, 2.24) is 4.90 Å². The standard InChI is InChI=1S/C8H15NO3/c10-4-6-8(12)7(11)5-2-1-3-9(5)6/h5-8,10-12H,1-4H2/t5-,6-,7-,8-/m1/s1. The monoisotopic (exact) mass is 173 g/mol. The van der Waals surface area contributed by atoms with Gasteiger partial charge in [0.15, 0.2) is 0 Å². The second kappa shape index (κ2) is 2.96. The lowest BCUT2D eigenvalue weighted by atomic mass is 10.1. The molecule has 0 spiro atoms. The van der Waals surface area contributed by atoms with Crippen LogP contribution < -0.4 is 0 Å². The average Bonchev–Trinajstić information content (AvgIpc) is 2.59. The van der Waals surface area contributed by atoms with E-state index in [1.807, 2.05) is 4.90 Å². The predicted molar refractivity (Wildman–Crippen MR) is 42.6 cm³/mol. The van der Waals surface area contributed by atoms with Crippen LogP contribution in [-0.4, -0.2) is 57.7 Å². The molecule has 0 radical (unpaired) electrons. The summed E-state index contributed by atoms with van der Waals surface area (Å²) in [6.45, 7) is 0.832. The van der Waals surface area contributed by atoms with Gasteiger partial charge in [0.25, 0.3) is 0 Å². The molecule has 0 amide bonds. The zero-order chi connectivity index (χ0) is 8.72. The van der Waals surface area contributed by atoms with E-state index in [0.717, 1.165) is 19.4 Å². The van der Waals surface area contributed by atoms with Crippen LogP contribution >= 0.6 is 0 Å². The molecular weight excluding hydrogens is 158 g/mol. The Bertz CT molecular complexity index is 174. The summed E-state index contributed by atoms with van der Waals surface area (Å²) < 4.78 is 0. The minimum absolute atomic E-state index is 0.0608. The maximum atomic E-state index is 9.57. The van der Waals surface area contributed by atoms with Crippen molar-refractivity contribution >= 4 is 0 Å². The Balaban J connectivity index is 2.15. The van der Waals surface area contributed by atoms with Crippen molar-refractivity contribution in [2.45, 2.75) is 37.1 Å². The third-order valence-electron chi connectivity index (χ3n) is 3.09. The summed E-state index contributed by atoms with van der Waals surface area (Å²) in [6, 6.07) is -0.162. The fourth-order valence-electron chi connectivity index (χ4n) is 2.46. The van der Waals surface area contributed by atoms with Crippen molar-refractivity contribution in [3.05, 3.63) is 0 Å². The van der Waals surface area contributed by atoms with Crippen LogP contribution in [0.1, 0.15) is 12.8 Å². The molecule has 0 aromatic heterocycles. The lowest BCUT2D eigenvalue weighted by Crippen LogP contribution is -2.38. The molecule has 4 atom stereocenters. The SMILES string of the molecule is OC[C@@H]1[C@@H](O)[C@H](O)[C@H]2CCCN12. The molecular formula is C8H15NO3. The van der Waals surface area contributed by atoms with Gasteiger partial charge in [-0.1, -0.05) is 0 Å². The Morgan fingerprint density at radius 3 is 2.67 bits per heavy atom. The van der Waals surface area contributed by atoms with Gasteiger partial charge in [0.05, 0.1) is 24.9 Å². The van der Waals surface area contributed by atoms with E-state index >= 15 is 0 Å². The van der Waals surface area contributed by atoms with Gasteiger partial charge in [-0.05, 0) is 19.4 Å². The molecule has 2 rings (SSSR count). The quantitative estimate of drug-likeness (QED) is 0.454. The summed E-state index contributed by atoms with van der Waals surface area (Å²) in [7, 11) is 0. The molecule has 2 aliphatic rings. The highest BCUT2D eigenvalue weighted by Gasteiger charge is 2.48. The maximum absolute atomic E-state index is 9.57. The van der Waals surface area contributed by atoms with E-state index < -0.39 is 12.2 Å². The summed E-state index contributed by atoms with van der Waals surface area (Å²) in [5, 5.41) is 28.1. The first-order valence-electron chi connectivity index (χ1n) is 4.48. The van der Waals surface area contributed by atoms with Crippen molar-refractivity contribution in [2.75, 3.05) is 13.2 Å². The number of rotatable bonds is 1. The largest absolute Gasteiger partial charge is 0.395 e. The minimum Gasteiger partial charge on any atom is -0.395 e. The highest BCUT2D eigenvalue weighted by molar-refractivity contribution is 5.03. The molecule has 0 aromatic carbocycles. The molecule has 2 aliphatic heterocycles. The fourth-order valence-corrected chi connectivity index (χ4v) is 2.46. The second-order valence-electron chi connectivity index (χ2n) is 3.68. The molecule has 0 bridgehead atoms. The van der Waals surface area contributed by atoms with Gasteiger partial charge in [-0.15, -0.1) is 0 Å². The molecule has 0 saturated carbocycles. The number of aliphatic hydroxyl groups is 3. The fraction of sp³-hybridized carbons (Fsp3) is 1.00. The summed E-state index contributed by atoms with van der Waals surface area (Å²) in [5.41, 5.74) is 0. The van der Waals surface area contributed by atoms with Gasteiger partial charge >= 0.3 is 0 Å². The summed E-state index contributed by atoms with van der Waals surface area (Å²) in [5.74, 6) is 0. The molecule has 12 heavy (non-hydrogen) atoms. The first-order valence-corrected chi connectivity index (χ1v) is 4.48. The third-order valence-corrected chi connectivity index (χ3v) is 3.09. The van der Waals surface area contributed by atoms with Crippen LogP contribution in [0.5, 0.6) is 0 Å². The zero-order valence-electron chi connectivity index (χ0n) is 6.93. The first kappa shape index (κ1) is 8.44. The van der Waals surface area contributed by atoms with E-state index in [2.05, 4.69) is 0 Å². The molecule has 3 N–H and O–H groups in total. The minimum atomic E-state index is -0.764. The summed E-state index contributed by atoms with van der Waals surface area (Å²) >= 11 is 0. The molecule has 2 heterocycles. The lowest BCUT2D eigenvalue weighted by molar-refractivity contribution is 0.0154. The Kier molecular flexibility index (Phi) is 2.08. The van der Waals surface area contributed by atoms with Crippen LogP contribution in [0.3, 0.4) is 0 Å². The number of aliphatic hydroxyl groups excluding tert-OH is 3. The highest BCUT2D eigenvalue weighted by atomic mass is 16.3. The van der Waals surface area contributed by atoms with E-state index in [1.165, 1.54) is 0 Å².